The number of aromatic nitrogens is 4. The quantitative estimate of drug-likeness (QED) is 0.423. The van der Waals surface area contributed by atoms with Gasteiger partial charge in [0.2, 0.25) is 5.75 Å². The molecule has 5 rings (SSSR count). The SMILES string of the molecule is COc1cc(-c2nccc3[nH]c(-c4ccc5[nH]ccc5c4)nc23)cc(O)c1OC. The van der Waals surface area contributed by atoms with Crippen LogP contribution in [0.25, 0.3) is 44.6 Å². The van der Waals surface area contributed by atoms with Crippen molar-refractivity contribution in [3.8, 4) is 39.9 Å². The predicted octanol–water partition coefficient (Wildman–Crippen LogP) is 4.50. The zero-order valence-electron chi connectivity index (χ0n) is 15.9. The van der Waals surface area contributed by atoms with Crippen molar-refractivity contribution in [1.82, 2.24) is 19.9 Å². The Balaban J connectivity index is 1.67. The van der Waals surface area contributed by atoms with Crippen LogP contribution in [0.5, 0.6) is 17.2 Å². The van der Waals surface area contributed by atoms with Crippen LogP contribution in [-0.2, 0) is 0 Å². The first-order chi connectivity index (χ1) is 14.2. The number of hydrogen-bond donors (Lipinski definition) is 3. The lowest BCUT2D eigenvalue weighted by molar-refractivity contribution is 0.333. The molecule has 0 aliphatic carbocycles. The van der Waals surface area contributed by atoms with Crippen LogP contribution in [-0.4, -0.2) is 39.3 Å². The number of nitrogens with one attached hydrogen (secondary N) is 2. The van der Waals surface area contributed by atoms with Crippen LogP contribution in [0.15, 0.2) is 54.9 Å². The number of hydrogen-bond acceptors (Lipinski definition) is 5. The van der Waals surface area contributed by atoms with Crippen LogP contribution in [0.3, 0.4) is 0 Å². The number of phenolic OH excluding ortho intramolecular Hbond substituents is 1. The molecular formula is C22H18N4O3. The number of H-pyrrole nitrogens is 2. The molecule has 0 aliphatic rings. The summed E-state index contributed by atoms with van der Waals surface area (Å²) in [6.07, 6.45) is 3.63. The average Bonchev–Trinajstić information content (AvgIpc) is 3.38. The Morgan fingerprint density at radius 3 is 2.66 bits per heavy atom. The summed E-state index contributed by atoms with van der Waals surface area (Å²) >= 11 is 0. The second kappa shape index (κ2) is 6.56. The fraction of sp³-hybridized carbons (Fsp3) is 0.0909. The number of pyridine rings is 1. The van der Waals surface area contributed by atoms with Gasteiger partial charge >= 0.3 is 0 Å². The van der Waals surface area contributed by atoms with Gasteiger partial charge in [-0.2, -0.15) is 0 Å². The van der Waals surface area contributed by atoms with E-state index in [9.17, 15) is 5.11 Å². The summed E-state index contributed by atoms with van der Waals surface area (Å²) in [7, 11) is 3.01. The zero-order valence-corrected chi connectivity index (χ0v) is 15.9. The van der Waals surface area contributed by atoms with Gasteiger partial charge in [0.05, 0.1) is 25.4 Å². The van der Waals surface area contributed by atoms with E-state index in [1.165, 1.54) is 14.2 Å². The Morgan fingerprint density at radius 2 is 1.83 bits per heavy atom. The third kappa shape index (κ3) is 2.75. The van der Waals surface area contributed by atoms with Gasteiger partial charge in [0.25, 0.3) is 0 Å². The van der Waals surface area contributed by atoms with Gasteiger partial charge in [-0.25, -0.2) is 4.98 Å². The molecule has 144 valence electrons. The number of methoxy groups -OCH3 is 2. The molecule has 0 radical (unpaired) electrons. The maximum absolute atomic E-state index is 10.3. The van der Waals surface area contributed by atoms with Gasteiger partial charge in [0, 0.05) is 34.4 Å². The summed E-state index contributed by atoms with van der Waals surface area (Å²) in [5.41, 5.74) is 4.95. The lowest BCUT2D eigenvalue weighted by Gasteiger charge is -2.11. The number of aromatic amines is 2. The number of imidazole rings is 1. The molecule has 0 fully saturated rings. The number of nitrogens with zero attached hydrogens (tertiary/aromatic N) is 2. The Labute approximate surface area is 166 Å². The van der Waals surface area contributed by atoms with Crippen LogP contribution < -0.4 is 9.47 Å². The van der Waals surface area contributed by atoms with E-state index in [0.29, 0.717) is 22.5 Å². The molecule has 3 heterocycles. The van der Waals surface area contributed by atoms with Crippen molar-refractivity contribution in [2.75, 3.05) is 14.2 Å². The molecule has 0 saturated carbocycles. The standard InChI is InChI=1S/C22H18N4O3/c1-28-18-11-14(10-17(27)21(18)29-2)19-20-16(6-8-24-19)25-22(26-20)13-3-4-15-12(9-13)5-7-23-15/h3-11,23,27H,1-2H3,(H,25,26). The van der Waals surface area contributed by atoms with Gasteiger partial charge in [0.15, 0.2) is 11.5 Å². The van der Waals surface area contributed by atoms with E-state index in [1.54, 1.807) is 18.3 Å². The van der Waals surface area contributed by atoms with Crippen LogP contribution in [0.2, 0.25) is 0 Å². The first-order valence-corrected chi connectivity index (χ1v) is 9.05. The topological polar surface area (TPSA) is 96.1 Å². The maximum atomic E-state index is 10.3. The number of ether oxygens (including phenoxy) is 2. The summed E-state index contributed by atoms with van der Waals surface area (Å²) in [6, 6.07) is 13.4. The molecule has 5 aromatic rings. The second-order valence-electron chi connectivity index (χ2n) is 6.65. The molecular weight excluding hydrogens is 368 g/mol. The lowest BCUT2D eigenvalue weighted by atomic mass is 10.1. The average molecular weight is 386 g/mol. The minimum absolute atomic E-state index is 0.0191. The normalized spacial score (nSPS) is 11.2. The van der Waals surface area contributed by atoms with E-state index in [0.717, 1.165) is 27.8 Å². The van der Waals surface area contributed by atoms with Crippen molar-refractivity contribution in [2.24, 2.45) is 0 Å². The minimum Gasteiger partial charge on any atom is -0.504 e. The fourth-order valence-electron chi connectivity index (χ4n) is 3.56. The predicted molar refractivity (Wildman–Crippen MR) is 111 cm³/mol. The van der Waals surface area contributed by atoms with Crippen molar-refractivity contribution >= 4 is 21.9 Å². The highest BCUT2D eigenvalue weighted by Gasteiger charge is 2.17. The van der Waals surface area contributed by atoms with Crippen LogP contribution in [0.4, 0.5) is 0 Å². The van der Waals surface area contributed by atoms with Crippen LogP contribution >= 0.6 is 0 Å². The van der Waals surface area contributed by atoms with E-state index in [1.807, 2.05) is 30.5 Å². The van der Waals surface area contributed by atoms with Gasteiger partial charge in [-0.3, -0.25) is 4.98 Å². The largest absolute Gasteiger partial charge is 0.504 e. The second-order valence-corrected chi connectivity index (χ2v) is 6.65. The monoisotopic (exact) mass is 386 g/mol. The molecule has 0 saturated heterocycles. The number of aromatic hydroxyl groups is 1. The fourth-order valence-corrected chi connectivity index (χ4v) is 3.56. The third-order valence-electron chi connectivity index (χ3n) is 4.96. The van der Waals surface area contributed by atoms with E-state index in [-0.39, 0.29) is 11.5 Å². The van der Waals surface area contributed by atoms with Gasteiger partial charge in [-0.05, 0) is 42.5 Å². The van der Waals surface area contributed by atoms with Crippen LogP contribution in [0.1, 0.15) is 0 Å². The van der Waals surface area contributed by atoms with Crippen molar-refractivity contribution in [3.05, 3.63) is 54.9 Å². The maximum Gasteiger partial charge on any atom is 0.203 e. The third-order valence-corrected chi connectivity index (χ3v) is 4.96. The Kier molecular flexibility index (Phi) is 3.87. The highest BCUT2D eigenvalue weighted by atomic mass is 16.5. The molecule has 0 bridgehead atoms. The number of phenols is 1. The molecule has 0 spiro atoms. The van der Waals surface area contributed by atoms with Crippen LogP contribution in [0, 0.1) is 0 Å². The molecule has 3 N–H and O–H groups in total. The highest BCUT2D eigenvalue weighted by molar-refractivity contribution is 5.93. The first kappa shape index (κ1) is 17.1. The van der Waals surface area contributed by atoms with Gasteiger partial charge in [-0.15, -0.1) is 0 Å². The Hall–Kier alpha value is -4.00. The van der Waals surface area contributed by atoms with Gasteiger partial charge in [-0.1, -0.05) is 0 Å². The molecule has 29 heavy (non-hydrogen) atoms. The molecule has 7 nitrogen and oxygen atoms in total. The number of fused-ring (bicyclic) bond motifs is 2. The zero-order chi connectivity index (χ0) is 20.0. The smallest absolute Gasteiger partial charge is 0.203 e. The molecule has 0 aliphatic heterocycles. The minimum atomic E-state index is -0.0191. The first-order valence-electron chi connectivity index (χ1n) is 9.05. The Bertz CT molecular complexity index is 1350. The summed E-state index contributed by atoms with van der Waals surface area (Å²) in [4.78, 5) is 15.9. The summed E-state index contributed by atoms with van der Waals surface area (Å²) < 4.78 is 10.6. The van der Waals surface area contributed by atoms with E-state index in [2.05, 4.69) is 21.0 Å². The molecule has 7 heteroatoms. The van der Waals surface area contributed by atoms with Crippen molar-refractivity contribution < 1.29 is 14.6 Å². The van der Waals surface area contributed by atoms with Gasteiger partial charge < -0.3 is 24.5 Å². The lowest BCUT2D eigenvalue weighted by Crippen LogP contribution is -1.93. The van der Waals surface area contributed by atoms with Crippen molar-refractivity contribution in [3.63, 3.8) is 0 Å². The van der Waals surface area contributed by atoms with E-state index >= 15 is 0 Å². The highest BCUT2D eigenvalue weighted by Crippen LogP contribution is 2.41. The molecule has 2 aromatic carbocycles. The molecule has 0 unspecified atom stereocenters. The number of rotatable bonds is 4. The van der Waals surface area contributed by atoms with E-state index in [4.69, 9.17) is 14.5 Å². The summed E-state index contributed by atoms with van der Waals surface area (Å²) in [5.74, 6) is 1.44. The molecule has 0 atom stereocenters. The summed E-state index contributed by atoms with van der Waals surface area (Å²) in [5, 5.41) is 11.5. The summed E-state index contributed by atoms with van der Waals surface area (Å²) in [6.45, 7) is 0. The Morgan fingerprint density at radius 1 is 0.931 bits per heavy atom. The van der Waals surface area contributed by atoms with E-state index < -0.39 is 0 Å². The molecule has 0 amide bonds. The van der Waals surface area contributed by atoms with Crippen molar-refractivity contribution in [2.45, 2.75) is 0 Å². The molecule has 3 aromatic heterocycles. The number of benzene rings is 2. The van der Waals surface area contributed by atoms with Crippen molar-refractivity contribution in [1.29, 1.82) is 0 Å². The van der Waals surface area contributed by atoms with Gasteiger partial charge in [0.1, 0.15) is 11.3 Å².